The van der Waals surface area contributed by atoms with Crippen LogP contribution >= 0.6 is 15.9 Å². The van der Waals surface area contributed by atoms with Crippen molar-refractivity contribution in [1.29, 1.82) is 0 Å². The third-order valence-electron chi connectivity index (χ3n) is 2.69. The molecule has 1 aromatic carbocycles. The van der Waals surface area contributed by atoms with Crippen molar-refractivity contribution < 1.29 is 4.79 Å². The summed E-state index contributed by atoms with van der Waals surface area (Å²) < 4.78 is 2.56. The molecule has 0 aliphatic carbocycles. The van der Waals surface area contributed by atoms with Crippen LogP contribution in [-0.4, -0.2) is 27.4 Å². The number of amides is 1. The predicted molar refractivity (Wildman–Crippen MR) is 75.9 cm³/mol. The Morgan fingerprint density at radius 3 is 3.00 bits per heavy atom. The standard InChI is InChI=1S/C13H15BrN4O/c1-10-3-4-11(12(14)9-10)13(19)15-5-2-7-18-8-6-16-17-18/h3-4,6,8-9H,2,5,7H2,1H3,(H,15,19). The number of hydrogen-bond acceptors (Lipinski definition) is 3. The van der Waals surface area contributed by atoms with Gasteiger partial charge in [0, 0.05) is 23.8 Å². The number of nitrogens with zero attached hydrogens (tertiary/aromatic N) is 3. The van der Waals surface area contributed by atoms with Gasteiger partial charge in [-0.2, -0.15) is 0 Å². The summed E-state index contributed by atoms with van der Waals surface area (Å²) in [6.07, 6.45) is 4.26. The lowest BCUT2D eigenvalue weighted by Crippen LogP contribution is -2.25. The van der Waals surface area contributed by atoms with Gasteiger partial charge in [-0.1, -0.05) is 11.3 Å². The third-order valence-corrected chi connectivity index (χ3v) is 3.35. The molecule has 0 fully saturated rings. The molecule has 0 spiro atoms. The van der Waals surface area contributed by atoms with E-state index < -0.39 is 0 Å². The molecule has 0 atom stereocenters. The molecule has 0 aliphatic heterocycles. The van der Waals surface area contributed by atoms with Gasteiger partial charge in [-0.25, -0.2) is 0 Å². The third kappa shape index (κ3) is 3.89. The summed E-state index contributed by atoms with van der Waals surface area (Å²) in [7, 11) is 0. The van der Waals surface area contributed by atoms with Crippen LogP contribution in [0.3, 0.4) is 0 Å². The van der Waals surface area contributed by atoms with Crippen LogP contribution in [0.1, 0.15) is 22.3 Å². The topological polar surface area (TPSA) is 59.8 Å². The lowest BCUT2D eigenvalue weighted by Gasteiger charge is -2.07. The van der Waals surface area contributed by atoms with Crippen LogP contribution in [0.15, 0.2) is 35.1 Å². The van der Waals surface area contributed by atoms with Crippen LogP contribution < -0.4 is 5.32 Å². The highest BCUT2D eigenvalue weighted by molar-refractivity contribution is 9.10. The average molecular weight is 323 g/mol. The number of rotatable bonds is 5. The van der Waals surface area contributed by atoms with Gasteiger partial charge in [0.1, 0.15) is 0 Å². The number of nitrogens with one attached hydrogen (secondary N) is 1. The Labute approximate surface area is 120 Å². The molecule has 0 saturated carbocycles. The molecule has 2 aromatic rings. The molecule has 0 saturated heterocycles. The fourth-order valence-corrected chi connectivity index (χ4v) is 2.37. The van der Waals surface area contributed by atoms with Gasteiger partial charge in [0.2, 0.25) is 0 Å². The molecule has 0 radical (unpaired) electrons. The zero-order valence-electron chi connectivity index (χ0n) is 10.6. The molecule has 0 unspecified atom stereocenters. The first-order valence-electron chi connectivity index (χ1n) is 6.05. The van der Waals surface area contributed by atoms with E-state index in [1.165, 1.54) is 0 Å². The SMILES string of the molecule is Cc1ccc(C(=O)NCCCn2ccnn2)c(Br)c1. The van der Waals surface area contributed by atoms with E-state index in [0.717, 1.165) is 23.0 Å². The van der Waals surface area contributed by atoms with E-state index in [2.05, 4.69) is 31.6 Å². The Bertz CT molecular complexity index is 554. The summed E-state index contributed by atoms with van der Waals surface area (Å²) in [5.74, 6) is -0.0644. The molecule has 19 heavy (non-hydrogen) atoms. The van der Waals surface area contributed by atoms with Gasteiger partial charge < -0.3 is 5.32 Å². The molecular weight excluding hydrogens is 308 g/mol. The van der Waals surface area contributed by atoms with Gasteiger partial charge in [0.15, 0.2) is 0 Å². The maximum absolute atomic E-state index is 12.0. The van der Waals surface area contributed by atoms with Crippen LogP contribution in [0, 0.1) is 6.92 Å². The highest BCUT2D eigenvalue weighted by Gasteiger charge is 2.08. The lowest BCUT2D eigenvalue weighted by atomic mass is 10.1. The van der Waals surface area contributed by atoms with Gasteiger partial charge in [-0.15, -0.1) is 5.10 Å². The van der Waals surface area contributed by atoms with Crippen LogP contribution in [0.5, 0.6) is 0 Å². The maximum atomic E-state index is 12.0. The summed E-state index contributed by atoms with van der Waals surface area (Å²) >= 11 is 3.40. The quantitative estimate of drug-likeness (QED) is 0.858. The molecule has 100 valence electrons. The van der Waals surface area contributed by atoms with Crippen molar-refractivity contribution in [2.75, 3.05) is 6.54 Å². The maximum Gasteiger partial charge on any atom is 0.252 e. The number of carbonyl (C=O) groups excluding carboxylic acids is 1. The van der Waals surface area contributed by atoms with Crippen molar-refractivity contribution in [2.24, 2.45) is 0 Å². The lowest BCUT2D eigenvalue weighted by molar-refractivity contribution is 0.0952. The minimum Gasteiger partial charge on any atom is -0.352 e. The van der Waals surface area contributed by atoms with Crippen molar-refractivity contribution in [2.45, 2.75) is 19.9 Å². The van der Waals surface area contributed by atoms with Crippen molar-refractivity contribution in [1.82, 2.24) is 20.3 Å². The zero-order valence-corrected chi connectivity index (χ0v) is 12.2. The van der Waals surface area contributed by atoms with E-state index in [9.17, 15) is 4.79 Å². The number of aromatic nitrogens is 3. The molecule has 0 aliphatic rings. The first-order chi connectivity index (χ1) is 9.16. The second-order valence-electron chi connectivity index (χ2n) is 4.26. The fraction of sp³-hybridized carbons (Fsp3) is 0.308. The largest absolute Gasteiger partial charge is 0.352 e. The predicted octanol–water partition coefficient (Wildman–Crippen LogP) is 2.17. The minimum atomic E-state index is -0.0644. The van der Waals surface area contributed by atoms with Gasteiger partial charge in [0.05, 0.1) is 11.8 Å². The van der Waals surface area contributed by atoms with Crippen LogP contribution in [0.25, 0.3) is 0 Å². The molecule has 1 heterocycles. The molecule has 2 rings (SSSR count). The van der Waals surface area contributed by atoms with E-state index >= 15 is 0 Å². The normalized spacial score (nSPS) is 10.4. The van der Waals surface area contributed by atoms with Gasteiger partial charge in [-0.3, -0.25) is 9.48 Å². The second-order valence-corrected chi connectivity index (χ2v) is 5.11. The molecule has 1 aromatic heterocycles. The molecule has 1 amide bonds. The minimum absolute atomic E-state index is 0.0644. The zero-order chi connectivity index (χ0) is 13.7. The van der Waals surface area contributed by atoms with Crippen LogP contribution in [0.2, 0.25) is 0 Å². The summed E-state index contributed by atoms with van der Waals surface area (Å²) in [5, 5.41) is 10.5. The smallest absolute Gasteiger partial charge is 0.252 e. The van der Waals surface area contributed by atoms with Crippen molar-refractivity contribution in [3.63, 3.8) is 0 Å². The number of halogens is 1. The van der Waals surface area contributed by atoms with E-state index in [0.29, 0.717) is 12.1 Å². The Morgan fingerprint density at radius 2 is 2.32 bits per heavy atom. The average Bonchev–Trinajstić information content (AvgIpc) is 2.87. The van der Waals surface area contributed by atoms with Crippen molar-refractivity contribution >= 4 is 21.8 Å². The number of benzene rings is 1. The highest BCUT2D eigenvalue weighted by atomic mass is 79.9. The van der Waals surface area contributed by atoms with E-state index in [4.69, 9.17) is 0 Å². The number of carbonyl (C=O) groups is 1. The van der Waals surface area contributed by atoms with E-state index in [-0.39, 0.29) is 5.91 Å². The highest BCUT2D eigenvalue weighted by Crippen LogP contribution is 2.18. The molecule has 5 nitrogen and oxygen atoms in total. The fourth-order valence-electron chi connectivity index (χ4n) is 1.69. The van der Waals surface area contributed by atoms with Crippen molar-refractivity contribution in [3.05, 3.63) is 46.2 Å². The summed E-state index contributed by atoms with van der Waals surface area (Å²) in [6.45, 7) is 3.35. The van der Waals surface area contributed by atoms with Gasteiger partial charge in [0.25, 0.3) is 5.91 Å². The first-order valence-corrected chi connectivity index (χ1v) is 6.84. The summed E-state index contributed by atoms with van der Waals surface area (Å²) in [6, 6.07) is 5.69. The first kappa shape index (κ1) is 13.7. The second kappa shape index (κ2) is 6.47. The summed E-state index contributed by atoms with van der Waals surface area (Å²) in [4.78, 5) is 12.0. The van der Waals surface area contributed by atoms with Crippen LogP contribution in [0.4, 0.5) is 0 Å². The molecule has 6 heteroatoms. The molecular formula is C13H15BrN4O. The van der Waals surface area contributed by atoms with E-state index in [1.807, 2.05) is 25.1 Å². The Hall–Kier alpha value is -1.69. The Balaban J connectivity index is 1.81. The van der Waals surface area contributed by atoms with Gasteiger partial charge >= 0.3 is 0 Å². The summed E-state index contributed by atoms with van der Waals surface area (Å²) in [5.41, 5.74) is 1.78. The van der Waals surface area contributed by atoms with E-state index in [1.54, 1.807) is 17.1 Å². The molecule has 1 N–H and O–H groups in total. The molecule has 0 bridgehead atoms. The van der Waals surface area contributed by atoms with Crippen molar-refractivity contribution in [3.8, 4) is 0 Å². The van der Waals surface area contributed by atoms with Crippen LogP contribution in [-0.2, 0) is 6.54 Å². The van der Waals surface area contributed by atoms with Gasteiger partial charge in [-0.05, 0) is 47.0 Å². The Kier molecular flexibility index (Phi) is 4.68. The Morgan fingerprint density at radius 1 is 1.47 bits per heavy atom. The monoisotopic (exact) mass is 322 g/mol. The number of aryl methyl sites for hydroxylation is 2. The number of hydrogen-bond donors (Lipinski definition) is 1.